The van der Waals surface area contributed by atoms with Crippen LogP contribution in [0.4, 0.5) is 0 Å². The standard InChI is InChI=1S/C73H52N2/c1-5-21-50(22-6-1)67-40-41-68(51-23-7-2-8-24-51)74(67)55-36-39-62-63(47-55)71(54-34-37-59-58-31-15-16-33-65(58)73(66(59)46-54)44-17-18-45-73)61-38-35-56(48-64(61)72(62)60-32-19-29-49-20-13-14-30-57(49)60)75-69(52-25-9-3-10-26-52)42-43-70(75)53-27-11-4-12-28-53/h1-16,19-43,46-48H,17-18,44-45H2. The van der Waals surface area contributed by atoms with E-state index in [4.69, 9.17) is 0 Å². The van der Waals surface area contributed by atoms with Crippen molar-refractivity contribution >= 4 is 32.3 Å². The third-order valence-corrected chi connectivity index (χ3v) is 16.7. The Morgan fingerprint density at radius 1 is 0.267 bits per heavy atom. The van der Waals surface area contributed by atoms with Crippen LogP contribution in [-0.2, 0) is 5.41 Å². The van der Waals surface area contributed by atoms with Gasteiger partial charge in [-0.2, -0.15) is 0 Å². The van der Waals surface area contributed by atoms with Crippen molar-refractivity contribution in [2.45, 2.75) is 31.1 Å². The van der Waals surface area contributed by atoms with Crippen LogP contribution in [0.5, 0.6) is 0 Å². The zero-order valence-corrected chi connectivity index (χ0v) is 41.6. The van der Waals surface area contributed by atoms with E-state index in [1.54, 1.807) is 0 Å². The first-order chi connectivity index (χ1) is 37.2. The highest BCUT2D eigenvalue weighted by molar-refractivity contribution is 6.24. The minimum atomic E-state index is 0.0190. The Hall–Kier alpha value is -9.24. The highest BCUT2D eigenvalue weighted by Gasteiger charge is 2.45. The largest absolute Gasteiger partial charge is 0.309 e. The highest BCUT2D eigenvalue weighted by atomic mass is 15.0. The summed E-state index contributed by atoms with van der Waals surface area (Å²) in [5.74, 6) is 0. The summed E-state index contributed by atoms with van der Waals surface area (Å²) in [6.45, 7) is 0. The van der Waals surface area contributed by atoms with Crippen LogP contribution in [0.3, 0.4) is 0 Å². The van der Waals surface area contributed by atoms with E-state index in [2.05, 4.69) is 276 Å². The van der Waals surface area contributed by atoms with E-state index in [0.29, 0.717) is 0 Å². The van der Waals surface area contributed by atoms with Crippen molar-refractivity contribution in [1.29, 1.82) is 0 Å². The molecule has 0 radical (unpaired) electrons. The minimum absolute atomic E-state index is 0.0190. The molecule has 11 aromatic carbocycles. The van der Waals surface area contributed by atoms with Gasteiger partial charge in [0, 0.05) is 16.8 Å². The van der Waals surface area contributed by atoms with Crippen LogP contribution >= 0.6 is 0 Å². The zero-order chi connectivity index (χ0) is 49.5. The quantitative estimate of drug-likeness (QED) is 0.134. The van der Waals surface area contributed by atoms with Gasteiger partial charge >= 0.3 is 0 Å². The van der Waals surface area contributed by atoms with E-state index in [1.165, 1.54) is 125 Å². The van der Waals surface area contributed by atoms with Crippen molar-refractivity contribution in [3.63, 3.8) is 0 Å². The van der Waals surface area contributed by atoms with Gasteiger partial charge in [-0.3, -0.25) is 0 Å². The molecule has 354 valence electrons. The van der Waals surface area contributed by atoms with E-state index in [9.17, 15) is 0 Å². The second-order valence-corrected chi connectivity index (χ2v) is 20.7. The molecule has 2 heteroatoms. The van der Waals surface area contributed by atoms with Crippen LogP contribution in [0.15, 0.2) is 267 Å². The van der Waals surface area contributed by atoms with Gasteiger partial charge < -0.3 is 9.13 Å². The Bertz CT molecular complexity index is 4210. The lowest BCUT2D eigenvalue weighted by molar-refractivity contribution is 0.550. The first kappa shape index (κ1) is 43.4. The Morgan fingerprint density at radius 2 is 0.707 bits per heavy atom. The second kappa shape index (κ2) is 17.5. The molecule has 1 fully saturated rings. The van der Waals surface area contributed by atoms with E-state index in [-0.39, 0.29) is 5.41 Å². The average molecular weight is 957 g/mol. The number of fused-ring (bicyclic) bond motifs is 8. The Labute approximate surface area is 438 Å². The summed E-state index contributed by atoms with van der Waals surface area (Å²) in [5.41, 5.74) is 22.4. The predicted octanol–water partition coefficient (Wildman–Crippen LogP) is 19.6. The molecule has 0 unspecified atom stereocenters. The Kier molecular flexibility index (Phi) is 10.1. The zero-order valence-electron chi connectivity index (χ0n) is 41.6. The van der Waals surface area contributed by atoms with Gasteiger partial charge in [-0.1, -0.05) is 225 Å². The molecule has 0 aliphatic heterocycles. The van der Waals surface area contributed by atoms with E-state index in [0.717, 1.165) is 34.2 Å². The lowest BCUT2D eigenvalue weighted by Gasteiger charge is -2.27. The van der Waals surface area contributed by atoms with Crippen LogP contribution in [0.2, 0.25) is 0 Å². The van der Waals surface area contributed by atoms with Crippen LogP contribution in [0, 0.1) is 0 Å². The Balaban J connectivity index is 1.08. The summed E-state index contributed by atoms with van der Waals surface area (Å²) in [6.07, 6.45) is 4.85. The summed E-state index contributed by atoms with van der Waals surface area (Å²) in [4.78, 5) is 0. The van der Waals surface area contributed by atoms with Crippen LogP contribution in [0.1, 0.15) is 36.8 Å². The molecule has 15 rings (SSSR count). The third-order valence-electron chi connectivity index (χ3n) is 16.7. The molecule has 1 spiro atoms. The molecule has 2 aliphatic rings. The second-order valence-electron chi connectivity index (χ2n) is 20.7. The Morgan fingerprint density at radius 3 is 1.27 bits per heavy atom. The van der Waals surface area contributed by atoms with Crippen molar-refractivity contribution < 1.29 is 0 Å². The van der Waals surface area contributed by atoms with Crippen molar-refractivity contribution in [2.24, 2.45) is 0 Å². The fraction of sp³-hybridized carbons (Fsp3) is 0.0685. The summed E-state index contributed by atoms with van der Waals surface area (Å²) in [6, 6.07) is 99.7. The predicted molar refractivity (Wildman–Crippen MR) is 315 cm³/mol. The van der Waals surface area contributed by atoms with Crippen LogP contribution in [-0.4, -0.2) is 9.13 Å². The number of benzene rings is 11. The molecule has 75 heavy (non-hydrogen) atoms. The molecular formula is C73H52N2. The summed E-state index contributed by atoms with van der Waals surface area (Å²) in [5, 5.41) is 7.38. The molecule has 13 aromatic rings. The number of hydrogen-bond acceptors (Lipinski definition) is 0. The topological polar surface area (TPSA) is 9.86 Å². The van der Waals surface area contributed by atoms with E-state index >= 15 is 0 Å². The lowest BCUT2D eigenvalue weighted by atomic mass is 9.76. The summed E-state index contributed by atoms with van der Waals surface area (Å²) in [7, 11) is 0. The van der Waals surface area contributed by atoms with Gasteiger partial charge in [-0.25, -0.2) is 0 Å². The molecule has 2 nitrogen and oxygen atoms in total. The highest BCUT2D eigenvalue weighted by Crippen LogP contribution is 2.58. The van der Waals surface area contributed by atoms with Gasteiger partial charge in [0.25, 0.3) is 0 Å². The number of aromatic nitrogens is 2. The normalized spacial score (nSPS) is 13.5. The maximum absolute atomic E-state index is 2.61. The molecular weight excluding hydrogens is 905 g/mol. The molecule has 0 saturated heterocycles. The molecule has 0 bridgehead atoms. The van der Waals surface area contributed by atoms with Gasteiger partial charge in [0.2, 0.25) is 0 Å². The lowest BCUT2D eigenvalue weighted by Crippen LogP contribution is -2.20. The fourth-order valence-corrected chi connectivity index (χ4v) is 13.4. The average Bonchev–Trinajstić information content (AvgIpc) is 4.34. The molecule has 0 N–H and O–H groups in total. The number of nitrogens with zero attached hydrogens (tertiary/aromatic N) is 2. The number of hydrogen-bond donors (Lipinski definition) is 0. The summed E-state index contributed by atoms with van der Waals surface area (Å²) < 4.78 is 4.95. The first-order valence-electron chi connectivity index (χ1n) is 26.6. The van der Waals surface area contributed by atoms with Crippen molar-refractivity contribution in [3.8, 4) is 89.8 Å². The monoisotopic (exact) mass is 956 g/mol. The molecule has 0 atom stereocenters. The van der Waals surface area contributed by atoms with Gasteiger partial charge in [-0.05, 0) is 167 Å². The van der Waals surface area contributed by atoms with Gasteiger partial charge in [0.15, 0.2) is 0 Å². The smallest absolute Gasteiger partial charge is 0.0535 e. The molecule has 2 aliphatic carbocycles. The first-order valence-corrected chi connectivity index (χ1v) is 26.6. The van der Waals surface area contributed by atoms with E-state index < -0.39 is 0 Å². The van der Waals surface area contributed by atoms with Crippen LogP contribution < -0.4 is 0 Å². The van der Waals surface area contributed by atoms with Gasteiger partial charge in [0.05, 0.1) is 22.8 Å². The fourth-order valence-electron chi connectivity index (χ4n) is 13.4. The maximum atomic E-state index is 2.61. The van der Waals surface area contributed by atoms with Crippen molar-refractivity contribution in [3.05, 3.63) is 278 Å². The molecule has 2 heterocycles. The van der Waals surface area contributed by atoms with E-state index in [1.807, 2.05) is 0 Å². The molecule has 0 amide bonds. The van der Waals surface area contributed by atoms with Crippen LogP contribution in [0.25, 0.3) is 122 Å². The van der Waals surface area contributed by atoms with Gasteiger partial charge in [-0.15, -0.1) is 0 Å². The maximum Gasteiger partial charge on any atom is 0.0535 e. The third kappa shape index (κ3) is 6.86. The number of rotatable bonds is 8. The van der Waals surface area contributed by atoms with Gasteiger partial charge in [0.1, 0.15) is 0 Å². The van der Waals surface area contributed by atoms with Crippen molar-refractivity contribution in [1.82, 2.24) is 9.13 Å². The summed E-state index contributed by atoms with van der Waals surface area (Å²) >= 11 is 0. The molecule has 2 aromatic heterocycles. The minimum Gasteiger partial charge on any atom is -0.309 e. The SMILES string of the molecule is c1ccc(-c2ccc(-c3ccccc3)n2-c2ccc3c(-c4cccc5ccccc45)c4cc(-n5c(-c6ccccc6)ccc5-c5ccccc5)ccc4c(-c4ccc5c(c4)C4(CCCC4)c4ccccc4-5)c3c2)cc1. The molecule has 1 saturated carbocycles. The van der Waals surface area contributed by atoms with Crippen molar-refractivity contribution in [2.75, 3.05) is 0 Å².